The van der Waals surface area contributed by atoms with E-state index in [1.807, 2.05) is 55.5 Å². The predicted molar refractivity (Wildman–Crippen MR) is 89.1 cm³/mol. The number of para-hydroxylation sites is 1. The van der Waals surface area contributed by atoms with E-state index in [1.165, 1.54) is 11.8 Å². The van der Waals surface area contributed by atoms with Crippen LogP contribution in [-0.2, 0) is 9.59 Å². The molecule has 1 atom stereocenters. The number of nitrogens with one attached hydrogen (secondary N) is 2. The highest BCUT2D eigenvalue weighted by Gasteiger charge is 2.28. The van der Waals surface area contributed by atoms with Gasteiger partial charge >= 0.3 is 0 Å². The van der Waals surface area contributed by atoms with Crippen molar-refractivity contribution >= 4 is 35.0 Å². The molecule has 3 rings (SSSR count). The molecule has 2 amide bonds. The summed E-state index contributed by atoms with van der Waals surface area (Å²) in [6.45, 7) is 1.99. The van der Waals surface area contributed by atoms with E-state index in [0.29, 0.717) is 0 Å². The summed E-state index contributed by atoms with van der Waals surface area (Å²) in [7, 11) is 0. The average molecular weight is 312 g/mol. The lowest BCUT2D eigenvalue weighted by molar-refractivity contribution is -0.120. The number of carbonyl (C=O) groups is 2. The summed E-state index contributed by atoms with van der Waals surface area (Å²) in [6.07, 6.45) is 0.151. The molecule has 22 heavy (non-hydrogen) atoms. The van der Waals surface area contributed by atoms with Gasteiger partial charge in [-0.2, -0.15) is 0 Å². The van der Waals surface area contributed by atoms with Gasteiger partial charge in [0.25, 0.3) is 0 Å². The standard InChI is InChI=1S/C17H16N2O2S/c1-11-6-8-12(9-7-11)18-16(20)10-15-17(21)19-13-4-2-3-5-14(13)22-15/h2-9,15H,10H2,1H3,(H,18,20)(H,19,21)/t15-/m0/s1. The molecule has 4 nitrogen and oxygen atoms in total. The van der Waals surface area contributed by atoms with E-state index in [-0.39, 0.29) is 18.2 Å². The number of benzene rings is 2. The van der Waals surface area contributed by atoms with Crippen LogP contribution < -0.4 is 10.6 Å². The van der Waals surface area contributed by atoms with Gasteiger partial charge in [-0.05, 0) is 31.2 Å². The molecule has 1 aliphatic heterocycles. The first-order valence-corrected chi connectivity index (χ1v) is 7.93. The van der Waals surface area contributed by atoms with Gasteiger partial charge in [0.2, 0.25) is 11.8 Å². The van der Waals surface area contributed by atoms with Crippen molar-refractivity contribution in [2.75, 3.05) is 10.6 Å². The first-order chi connectivity index (χ1) is 10.6. The summed E-state index contributed by atoms with van der Waals surface area (Å²) >= 11 is 1.43. The monoisotopic (exact) mass is 312 g/mol. The zero-order valence-electron chi connectivity index (χ0n) is 12.1. The molecule has 0 aliphatic carbocycles. The Kier molecular flexibility index (Phi) is 4.15. The van der Waals surface area contributed by atoms with Crippen molar-refractivity contribution in [3.63, 3.8) is 0 Å². The Morgan fingerprint density at radius 3 is 2.68 bits per heavy atom. The van der Waals surface area contributed by atoms with Gasteiger partial charge in [0, 0.05) is 17.0 Å². The molecule has 2 N–H and O–H groups in total. The second kappa shape index (κ2) is 6.23. The van der Waals surface area contributed by atoms with Crippen LogP contribution in [0.25, 0.3) is 0 Å². The number of hydrogen-bond acceptors (Lipinski definition) is 3. The molecule has 0 spiro atoms. The largest absolute Gasteiger partial charge is 0.326 e. The quantitative estimate of drug-likeness (QED) is 0.913. The van der Waals surface area contributed by atoms with Gasteiger partial charge in [-0.1, -0.05) is 29.8 Å². The summed E-state index contributed by atoms with van der Waals surface area (Å²) in [6, 6.07) is 15.2. The Labute approximate surface area is 133 Å². The molecule has 0 radical (unpaired) electrons. The van der Waals surface area contributed by atoms with Crippen molar-refractivity contribution in [2.24, 2.45) is 0 Å². The highest BCUT2D eigenvalue weighted by atomic mass is 32.2. The minimum Gasteiger partial charge on any atom is -0.326 e. The van der Waals surface area contributed by atoms with Crippen molar-refractivity contribution < 1.29 is 9.59 Å². The predicted octanol–water partition coefficient (Wildman–Crippen LogP) is 3.44. The number of hydrogen-bond donors (Lipinski definition) is 2. The Morgan fingerprint density at radius 2 is 1.91 bits per heavy atom. The molecule has 0 bridgehead atoms. The summed E-state index contributed by atoms with van der Waals surface area (Å²) in [5, 5.41) is 5.27. The second-order valence-corrected chi connectivity index (χ2v) is 6.45. The lowest BCUT2D eigenvalue weighted by Crippen LogP contribution is -2.32. The molecule has 5 heteroatoms. The minimum atomic E-state index is -0.402. The molecule has 2 aromatic carbocycles. The van der Waals surface area contributed by atoms with Crippen molar-refractivity contribution in [2.45, 2.75) is 23.5 Å². The lowest BCUT2D eigenvalue weighted by Gasteiger charge is -2.23. The van der Waals surface area contributed by atoms with Crippen molar-refractivity contribution in [3.05, 3.63) is 54.1 Å². The van der Waals surface area contributed by atoms with E-state index in [2.05, 4.69) is 10.6 Å². The Morgan fingerprint density at radius 1 is 1.18 bits per heavy atom. The zero-order chi connectivity index (χ0) is 15.5. The average Bonchev–Trinajstić information content (AvgIpc) is 2.50. The summed E-state index contributed by atoms with van der Waals surface area (Å²) in [4.78, 5) is 25.2. The van der Waals surface area contributed by atoms with Crippen LogP contribution >= 0.6 is 11.8 Å². The fraction of sp³-hybridized carbons (Fsp3) is 0.176. The summed E-state index contributed by atoms with van der Waals surface area (Å²) in [5.74, 6) is -0.279. The van der Waals surface area contributed by atoms with E-state index < -0.39 is 5.25 Å². The lowest BCUT2D eigenvalue weighted by atomic mass is 10.2. The summed E-state index contributed by atoms with van der Waals surface area (Å²) < 4.78 is 0. The highest BCUT2D eigenvalue weighted by Crippen LogP contribution is 2.36. The topological polar surface area (TPSA) is 58.2 Å². The molecule has 1 heterocycles. The van der Waals surface area contributed by atoms with E-state index in [0.717, 1.165) is 21.8 Å². The first kappa shape index (κ1) is 14.7. The van der Waals surface area contributed by atoms with Crippen LogP contribution in [0.5, 0.6) is 0 Å². The fourth-order valence-electron chi connectivity index (χ4n) is 2.24. The first-order valence-electron chi connectivity index (χ1n) is 7.05. The number of carbonyl (C=O) groups excluding carboxylic acids is 2. The van der Waals surface area contributed by atoms with Gasteiger partial charge < -0.3 is 10.6 Å². The molecule has 0 aromatic heterocycles. The van der Waals surface area contributed by atoms with E-state index in [4.69, 9.17) is 0 Å². The number of anilines is 2. The van der Waals surface area contributed by atoms with Crippen LogP contribution in [0, 0.1) is 6.92 Å². The molecule has 0 saturated carbocycles. The number of amides is 2. The van der Waals surface area contributed by atoms with Gasteiger partial charge in [-0.3, -0.25) is 9.59 Å². The molecule has 0 unspecified atom stereocenters. The third-order valence-corrected chi connectivity index (χ3v) is 4.69. The normalized spacial score (nSPS) is 16.6. The second-order valence-electron chi connectivity index (χ2n) is 5.21. The van der Waals surface area contributed by atoms with Crippen molar-refractivity contribution in [1.82, 2.24) is 0 Å². The van der Waals surface area contributed by atoms with E-state index >= 15 is 0 Å². The molecular formula is C17H16N2O2S. The van der Waals surface area contributed by atoms with Crippen LogP contribution in [0.15, 0.2) is 53.4 Å². The Balaban J connectivity index is 1.64. The van der Waals surface area contributed by atoms with Crippen LogP contribution in [0.2, 0.25) is 0 Å². The van der Waals surface area contributed by atoms with E-state index in [9.17, 15) is 9.59 Å². The summed E-state index contributed by atoms with van der Waals surface area (Å²) in [5.41, 5.74) is 2.70. The Hall–Kier alpha value is -2.27. The third-order valence-electron chi connectivity index (χ3n) is 3.41. The maximum Gasteiger partial charge on any atom is 0.238 e. The SMILES string of the molecule is Cc1ccc(NC(=O)C[C@@H]2Sc3ccccc3NC2=O)cc1. The molecular weight excluding hydrogens is 296 g/mol. The number of thioether (sulfide) groups is 1. The van der Waals surface area contributed by atoms with Gasteiger partial charge in [0.15, 0.2) is 0 Å². The van der Waals surface area contributed by atoms with E-state index in [1.54, 1.807) is 0 Å². The van der Waals surface area contributed by atoms with Crippen LogP contribution in [0.1, 0.15) is 12.0 Å². The number of fused-ring (bicyclic) bond motifs is 1. The smallest absolute Gasteiger partial charge is 0.238 e. The molecule has 0 saturated heterocycles. The van der Waals surface area contributed by atoms with Gasteiger partial charge in [0.05, 0.1) is 10.9 Å². The molecule has 1 aliphatic rings. The molecule has 0 fully saturated rings. The number of rotatable bonds is 3. The minimum absolute atomic E-state index is 0.122. The van der Waals surface area contributed by atoms with Crippen molar-refractivity contribution in [3.8, 4) is 0 Å². The van der Waals surface area contributed by atoms with Crippen LogP contribution in [0.4, 0.5) is 11.4 Å². The third kappa shape index (κ3) is 3.31. The molecule has 2 aromatic rings. The van der Waals surface area contributed by atoms with Crippen LogP contribution in [0.3, 0.4) is 0 Å². The Bertz CT molecular complexity index is 713. The maximum absolute atomic E-state index is 12.1. The number of aryl methyl sites for hydroxylation is 1. The molecule has 112 valence electrons. The zero-order valence-corrected chi connectivity index (χ0v) is 12.9. The fourth-order valence-corrected chi connectivity index (χ4v) is 3.35. The van der Waals surface area contributed by atoms with Gasteiger partial charge in [0.1, 0.15) is 0 Å². The van der Waals surface area contributed by atoms with Gasteiger partial charge in [-0.25, -0.2) is 0 Å². The van der Waals surface area contributed by atoms with Crippen molar-refractivity contribution in [1.29, 1.82) is 0 Å². The van der Waals surface area contributed by atoms with Crippen LogP contribution in [-0.4, -0.2) is 17.1 Å². The maximum atomic E-state index is 12.1. The van der Waals surface area contributed by atoms with Gasteiger partial charge in [-0.15, -0.1) is 11.8 Å². The highest BCUT2D eigenvalue weighted by molar-refractivity contribution is 8.01.